The van der Waals surface area contributed by atoms with E-state index >= 15 is 0 Å². The van der Waals surface area contributed by atoms with E-state index in [9.17, 15) is 4.79 Å². The van der Waals surface area contributed by atoms with Gasteiger partial charge in [0, 0.05) is 6.07 Å². The lowest BCUT2D eigenvalue weighted by molar-refractivity contribution is 0.247. The third kappa shape index (κ3) is 5.32. The Kier molecular flexibility index (Phi) is 5.26. The summed E-state index contributed by atoms with van der Waals surface area (Å²) >= 11 is 0. The Bertz CT molecular complexity index is 642. The average molecular weight is 317 g/mol. The van der Waals surface area contributed by atoms with E-state index in [1.165, 1.54) is 5.56 Å². The summed E-state index contributed by atoms with van der Waals surface area (Å²) in [5.74, 6) is 1.81. The second-order valence-electron chi connectivity index (χ2n) is 6.33. The number of aromatic nitrogens is 1. The second-order valence-corrected chi connectivity index (χ2v) is 6.33. The van der Waals surface area contributed by atoms with Gasteiger partial charge in [-0.05, 0) is 30.0 Å². The molecule has 0 spiro atoms. The summed E-state index contributed by atoms with van der Waals surface area (Å²) in [4.78, 5) is 11.6. The Hall–Kier alpha value is -2.50. The molecule has 124 valence electrons. The smallest absolute Gasteiger partial charge is 0.320 e. The van der Waals surface area contributed by atoms with Gasteiger partial charge >= 0.3 is 6.03 Å². The summed E-state index contributed by atoms with van der Waals surface area (Å²) in [6.07, 6.45) is 0. The van der Waals surface area contributed by atoms with Gasteiger partial charge in [-0.15, -0.1) is 0 Å². The van der Waals surface area contributed by atoms with Crippen molar-refractivity contribution < 1.29 is 14.1 Å². The summed E-state index contributed by atoms with van der Waals surface area (Å²) in [6.45, 7) is 9.05. The van der Waals surface area contributed by atoms with E-state index in [2.05, 4.69) is 48.7 Å². The number of amides is 2. The Labute approximate surface area is 136 Å². The summed E-state index contributed by atoms with van der Waals surface area (Å²) in [5.41, 5.74) is 1.38. The summed E-state index contributed by atoms with van der Waals surface area (Å²) in [6, 6.07) is 9.31. The number of nitrogens with one attached hydrogen (secondary N) is 2. The highest BCUT2D eigenvalue weighted by atomic mass is 16.5. The fourth-order valence-corrected chi connectivity index (χ4v) is 1.97. The minimum Gasteiger partial charge on any atom is -0.492 e. The number of anilines is 1. The molecule has 1 aromatic heterocycles. The SMILES string of the molecule is Cc1cc(NC(=O)NCCOc2ccc(C(C)(C)C)cc2)no1. The van der Waals surface area contributed by atoms with Crippen LogP contribution in [0.1, 0.15) is 32.1 Å². The first-order valence-electron chi connectivity index (χ1n) is 7.56. The van der Waals surface area contributed by atoms with Gasteiger partial charge < -0.3 is 14.6 Å². The van der Waals surface area contributed by atoms with Crippen LogP contribution in [0.25, 0.3) is 0 Å². The highest BCUT2D eigenvalue weighted by Gasteiger charge is 2.12. The molecule has 0 unspecified atom stereocenters. The lowest BCUT2D eigenvalue weighted by Gasteiger charge is -2.19. The molecule has 0 aliphatic rings. The minimum absolute atomic E-state index is 0.123. The van der Waals surface area contributed by atoms with Gasteiger partial charge in [-0.2, -0.15) is 0 Å². The van der Waals surface area contributed by atoms with Crippen molar-refractivity contribution in [1.29, 1.82) is 0 Å². The molecular weight excluding hydrogens is 294 g/mol. The topological polar surface area (TPSA) is 76.4 Å². The molecule has 0 aliphatic carbocycles. The molecule has 6 heteroatoms. The molecule has 0 saturated carbocycles. The van der Waals surface area contributed by atoms with Crippen LogP contribution in [-0.2, 0) is 5.41 Å². The number of hydrogen-bond donors (Lipinski definition) is 2. The van der Waals surface area contributed by atoms with Crippen LogP contribution < -0.4 is 15.4 Å². The monoisotopic (exact) mass is 317 g/mol. The van der Waals surface area contributed by atoms with Gasteiger partial charge in [-0.1, -0.05) is 38.1 Å². The molecule has 0 atom stereocenters. The predicted octanol–water partition coefficient (Wildman–Crippen LogP) is 3.48. The highest BCUT2D eigenvalue weighted by Crippen LogP contribution is 2.24. The van der Waals surface area contributed by atoms with Crippen LogP contribution in [0, 0.1) is 6.92 Å². The quantitative estimate of drug-likeness (QED) is 0.828. The van der Waals surface area contributed by atoms with Crippen LogP contribution >= 0.6 is 0 Å². The Morgan fingerprint density at radius 2 is 1.96 bits per heavy atom. The molecular formula is C17H23N3O3. The van der Waals surface area contributed by atoms with Gasteiger partial charge in [0.05, 0.1) is 6.54 Å². The van der Waals surface area contributed by atoms with E-state index < -0.39 is 0 Å². The molecule has 2 amide bonds. The van der Waals surface area contributed by atoms with E-state index in [0.29, 0.717) is 24.7 Å². The molecule has 0 radical (unpaired) electrons. The first-order chi connectivity index (χ1) is 10.8. The zero-order valence-corrected chi connectivity index (χ0v) is 14.0. The maximum Gasteiger partial charge on any atom is 0.320 e. The summed E-state index contributed by atoms with van der Waals surface area (Å²) in [5, 5.41) is 8.95. The van der Waals surface area contributed by atoms with E-state index in [1.807, 2.05) is 12.1 Å². The first-order valence-corrected chi connectivity index (χ1v) is 7.56. The Morgan fingerprint density at radius 1 is 1.26 bits per heavy atom. The molecule has 6 nitrogen and oxygen atoms in total. The molecule has 1 aromatic carbocycles. The van der Waals surface area contributed by atoms with Crippen LogP contribution in [0.3, 0.4) is 0 Å². The van der Waals surface area contributed by atoms with Gasteiger partial charge in [-0.25, -0.2) is 4.79 Å². The van der Waals surface area contributed by atoms with Crippen molar-refractivity contribution in [2.45, 2.75) is 33.1 Å². The van der Waals surface area contributed by atoms with Crippen LogP contribution in [-0.4, -0.2) is 24.3 Å². The van der Waals surface area contributed by atoms with Gasteiger partial charge in [0.15, 0.2) is 5.82 Å². The molecule has 0 fully saturated rings. The average Bonchev–Trinajstić information content (AvgIpc) is 2.88. The van der Waals surface area contributed by atoms with E-state index in [4.69, 9.17) is 9.26 Å². The molecule has 1 heterocycles. The van der Waals surface area contributed by atoms with E-state index in [-0.39, 0.29) is 11.4 Å². The zero-order valence-electron chi connectivity index (χ0n) is 14.0. The number of nitrogens with zero attached hydrogens (tertiary/aromatic N) is 1. The number of benzene rings is 1. The van der Waals surface area contributed by atoms with Crippen molar-refractivity contribution in [3.63, 3.8) is 0 Å². The fraction of sp³-hybridized carbons (Fsp3) is 0.412. The minimum atomic E-state index is -0.343. The Morgan fingerprint density at radius 3 is 2.52 bits per heavy atom. The maximum absolute atomic E-state index is 11.6. The van der Waals surface area contributed by atoms with Crippen LogP contribution in [0.15, 0.2) is 34.9 Å². The van der Waals surface area contributed by atoms with Crippen molar-refractivity contribution in [1.82, 2.24) is 10.5 Å². The standard InChI is InChI=1S/C17H23N3O3/c1-12-11-15(20-23-12)19-16(21)18-9-10-22-14-7-5-13(6-8-14)17(2,3)4/h5-8,11H,9-10H2,1-4H3,(H2,18,19,20,21). The Balaban J connectivity index is 1.70. The number of hydrogen-bond acceptors (Lipinski definition) is 4. The van der Waals surface area contributed by atoms with Gasteiger partial charge in [0.2, 0.25) is 0 Å². The first kappa shape index (κ1) is 16.9. The summed E-state index contributed by atoms with van der Waals surface area (Å²) < 4.78 is 10.5. The maximum atomic E-state index is 11.6. The second kappa shape index (κ2) is 7.17. The van der Waals surface area contributed by atoms with Crippen molar-refractivity contribution >= 4 is 11.8 Å². The molecule has 2 aromatic rings. The molecule has 23 heavy (non-hydrogen) atoms. The van der Waals surface area contributed by atoms with Crippen molar-refractivity contribution in [2.24, 2.45) is 0 Å². The van der Waals surface area contributed by atoms with Gasteiger partial charge in [0.1, 0.15) is 18.1 Å². The largest absolute Gasteiger partial charge is 0.492 e. The highest BCUT2D eigenvalue weighted by molar-refractivity contribution is 5.88. The van der Waals surface area contributed by atoms with E-state index in [0.717, 1.165) is 5.75 Å². The number of urea groups is 1. The molecule has 2 N–H and O–H groups in total. The van der Waals surface area contributed by atoms with Crippen molar-refractivity contribution in [2.75, 3.05) is 18.5 Å². The van der Waals surface area contributed by atoms with Crippen LogP contribution in [0.2, 0.25) is 0 Å². The lowest BCUT2D eigenvalue weighted by atomic mass is 9.87. The third-order valence-corrected chi connectivity index (χ3v) is 3.25. The van der Waals surface area contributed by atoms with Gasteiger partial charge in [0.25, 0.3) is 0 Å². The normalized spacial score (nSPS) is 11.1. The predicted molar refractivity (Wildman–Crippen MR) is 88.9 cm³/mol. The number of carbonyl (C=O) groups is 1. The molecule has 2 rings (SSSR count). The van der Waals surface area contributed by atoms with Crippen LogP contribution in [0.5, 0.6) is 5.75 Å². The third-order valence-electron chi connectivity index (χ3n) is 3.25. The zero-order chi connectivity index (χ0) is 16.9. The van der Waals surface area contributed by atoms with E-state index in [1.54, 1.807) is 13.0 Å². The van der Waals surface area contributed by atoms with Crippen LogP contribution in [0.4, 0.5) is 10.6 Å². The molecule has 0 aliphatic heterocycles. The summed E-state index contributed by atoms with van der Waals surface area (Å²) in [7, 11) is 0. The fourth-order valence-electron chi connectivity index (χ4n) is 1.97. The molecule has 0 bridgehead atoms. The number of aryl methyl sites for hydroxylation is 1. The molecule has 0 saturated heterocycles. The number of carbonyl (C=O) groups excluding carboxylic acids is 1. The van der Waals surface area contributed by atoms with Crippen molar-refractivity contribution in [3.05, 3.63) is 41.7 Å². The number of rotatable bonds is 5. The van der Waals surface area contributed by atoms with Crippen molar-refractivity contribution in [3.8, 4) is 5.75 Å². The lowest BCUT2D eigenvalue weighted by Crippen LogP contribution is -2.32. The number of ether oxygens (including phenoxy) is 1. The van der Waals surface area contributed by atoms with Gasteiger partial charge in [-0.3, -0.25) is 5.32 Å².